The Morgan fingerprint density at radius 1 is 1.03 bits per heavy atom. The normalized spacial score (nSPS) is 12.8. The molecule has 9 nitrogen and oxygen atoms in total. The van der Waals surface area contributed by atoms with Crippen LogP contribution in [-0.4, -0.2) is 46.8 Å². The lowest BCUT2D eigenvalue weighted by Gasteiger charge is -2.08. The van der Waals surface area contributed by atoms with Crippen LogP contribution in [0.5, 0.6) is 5.75 Å². The second-order valence-corrected chi connectivity index (χ2v) is 9.92. The van der Waals surface area contributed by atoms with Crippen LogP contribution in [0.3, 0.4) is 0 Å². The lowest BCUT2D eigenvalue weighted by Crippen LogP contribution is -2.35. The quantitative estimate of drug-likeness (QED) is 0.254. The van der Waals surface area contributed by atoms with Crippen molar-refractivity contribution < 1.29 is 19.1 Å². The van der Waals surface area contributed by atoms with E-state index in [9.17, 15) is 14.4 Å². The summed E-state index contributed by atoms with van der Waals surface area (Å²) in [6.07, 6.45) is 4.03. The van der Waals surface area contributed by atoms with E-state index in [0.29, 0.717) is 30.9 Å². The summed E-state index contributed by atoms with van der Waals surface area (Å²) in [6.45, 7) is 3.18. The van der Waals surface area contributed by atoms with E-state index in [1.807, 2.05) is 47.2 Å². The Bertz CT molecular complexity index is 1440. The molecule has 1 fully saturated rings. The molecule has 10 heteroatoms. The number of imidazole rings is 1. The molecule has 2 heterocycles. The van der Waals surface area contributed by atoms with Crippen molar-refractivity contribution in [2.45, 2.75) is 26.2 Å². The molecule has 0 unspecified atom stereocenters. The molecule has 0 saturated heterocycles. The Hall–Kier alpha value is -4.18. The minimum atomic E-state index is -0.237. The maximum atomic E-state index is 12.5. The molecule has 0 atom stereocenters. The summed E-state index contributed by atoms with van der Waals surface area (Å²) in [5.74, 6) is 0.603. The van der Waals surface area contributed by atoms with Gasteiger partial charge in [-0.05, 0) is 68.3 Å². The Balaban J connectivity index is 1.08. The van der Waals surface area contributed by atoms with Gasteiger partial charge in [0.15, 0.2) is 4.96 Å². The van der Waals surface area contributed by atoms with Gasteiger partial charge >= 0.3 is 0 Å². The molecule has 1 aliphatic rings. The van der Waals surface area contributed by atoms with Gasteiger partial charge in [0, 0.05) is 53.1 Å². The molecule has 3 N–H and O–H groups in total. The van der Waals surface area contributed by atoms with Gasteiger partial charge in [0.1, 0.15) is 5.75 Å². The molecule has 0 aliphatic heterocycles. The van der Waals surface area contributed by atoms with Crippen LogP contribution in [0.2, 0.25) is 0 Å². The molecule has 2 aromatic heterocycles. The first-order chi connectivity index (χ1) is 18.5. The van der Waals surface area contributed by atoms with Crippen LogP contribution < -0.4 is 20.7 Å². The Labute approximate surface area is 224 Å². The van der Waals surface area contributed by atoms with Gasteiger partial charge in [0.2, 0.25) is 11.8 Å². The Morgan fingerprint density at radius 2 is 1.76 bits per heavy atom. The molecule has 0 bridgehead atoms. The van der Waals surface area contributed by atoms with Gasteiger partial charge in [-0.2, -0.15) is 0 Å². The first kappa shape index (κ1) is 25.5. The van der Waals surface area contributed by atoms with Gasteiger partial charge in [-0.25, -0.2) is 4.98 Å². The largest absolute Gasteiger partial charge is 0.494 e. The van der Waals surface area contributed by atoms with Crippen LogP contribution in [0, 0.1) is 5.92 Å². The van der Waals surface area contributed by atoms with Crippen molar-refractivity contribution >= 4 is 39.7 Å². The second-order valence-electron chi connectivity index (χ2n) is 9.09. The fourth-order valence-corrected chi connectivity index (χ4v) is 4.86. The molecule has 2 aromatic carbocycles. The number of aromatic nitrogens is 2. The fraction of sp³-hybridized carbons (Fsp3) is 0.286. The SMILES string of the molecule is CCOc1ccc(-c2cn3c(CC(=O)NCCNC(=O)c4ccc(NC(=O)C5CC5)cc4)csc3n2)cc1. The molecule has 196 valence electrons. The molecule has 1 saturated carbocycles. The first-order valence-corrected chi connectivity index (χ1v) is 13.5. The standard InChI is InChI=1S/C28H29N5O4S/c1-2-37-23-11-7-18(8-12-23)24-16-33-22(17-38-28(33)32-24)15-25(34)29-13-14-30-26(35)19-5-9-21(10-6-19)31-27(36)20-3-4-20/h5-12,16-17,20H,2-4,13-15H2,1H3,(H,29,34)(H,30,35)(H,31,36). The minimum Gasteiger partial charge on any atom is -0.494 e. The van der Waals surface area contributed by atoms with Crippen LogP contribution in [0.1, 0.15) is 35.8 Å². The highest BCUT2D eigenvalue weighted by atomic mass is 32.1. The van der Waals surface area contributed by atoms with Gasteiger partial charge in [0.25, 0.3) is 5.91 Å². The Morgan fingerprint density at radius 3 is 2.47 bits per heavy atom. The van der Waals surface area contributed by atoms with Crippen molar-refractivity contribution in [3.8, 4) is 17.0 Å². The second kappa shape index (κ2) is 11.5. The number of ether oxygens (including phenoxy) is 1. The molecular weight excluding hydrogens is 502 g/mol. The lowest BCUT2D eigenvalue weighted by molar-refractivity contribution is -0.120. The maximum Gasteiger partial charge on any atom is 0.251 e. The number of hydrogen-bond donors (Lipinski definition) is 3. The van der Waals surface area contributed by atoms with E-state index in [-0.39, 0.29) is 30.1 Å². The average Bonchev–Trinajstić information content (AvgIpc) is 3.60. The molecule has 38 heavy (non-hydrogen) atoms. The summed E-state index contributed by atoms with van der Waals surface area (Å²) >= 11 is 1.49. The first-order valence-electron chi connectivity index (χ1n) is 12.6. The van der Waals surface area contributed by atoms with Crippen molar-refractivity contribution in [3.05, 3.63) is 71.4 Å². The highest BCUT2D eigenvalue weighted by Crippen LogP contribution is 2.30. The number of amides is 3. The van der Waals surface area contributed by atoms with E-state index in [1.54, 1.807) is 24.3 Å². The summed E-state index contributed by atoms with van der Waals surface area (Å²) in [6, 6.07) is 14.6. The van der Waals surface area contributed by atoms with E-state index in [1.165, 1.54) is 11.3 Å². The maximum absolute atomic E-state index is 12.5. The van der Waals surface area contributed by atoms with E-state index in [2.05, 4.69) is 20.9 Å². The van der Waals surface area contributed by atoms with E-state index in [0.717, 1.165) is 40.5 Å². The van der Waals surface area contributed by atoms with Gasteiger partial charge in [-0.3, -0.25) is 18.8 Å². The predicted molar refractivity (Wildman–Crippen MR) is 147 cm³/mol. The van der Waals surface area contributed by atoms with E-state index < -0.39 is 0 Å². The number of carbonyl (C=O) groups excluding carboxylic acids is 3. The van der Waals surface area contributed by atoms with Crippen LogP contribution in [-0.2, 0) is 16.0 Å². The fourth-order valence-electron chi connectivity index (χ4n) is 3.99. The third kappa shape index (κ3) is 6.20. The summed E-state index contributed by atoms with van der Waals surface area (Å²) in [4.78, 5) is 42.3. The topological polar surface area (TPSA) is 114 Å². The number of hydrogen-bond acceptors (Lipinski definition) is 6. The third-order valence-electron chi connectivity index (χ3n) is 6.18. The van der Waals surface area contributed by atoms with Gasteiger partial charge in [0.05, 0.1) is 18.7 Å². The van der Waals surface area contributed by atoms with Crippen LogP contribution in [0.4, 0.5) is 5.69 Å². The van der Waals surface area contributed by atoms with Crippen LogP contribution >= 0.6 is 11.3 Å². The zero-order valence-corrected chi connectivity index (χ0v) is 21.8. The highest BCUT2D eigenvalue weighted by Gasteiger charge is 2.29. The summed E-state index contributed by atoms with van der Waals surface area (Å²) in [5, 5.41) is 10.4. The molecule has 0 spiro atoms. The molecule has 0 radical (unpaired) electrons. The van der Waals surface area contributed by atoms with Crippen molar-refractivity contribution in [1.29, 1.82) is 0 Å². The molecule has 5 rings (SSSR count). The zero-order chi connectivity index (χ0) is 26.5. The number of thiazole rings is 1. The summed E-state index contributed by atoms with van der Waals surface area (Å²) in [7, 11) is 0. The number of carbonyl (C=O) groups is 3. The van der Waals surface area contributed by atoms with E-state index in [4.69, 9.17) is 4.74 Å². The monoisotopic (exact) mass is 531 g/mol. The smallest absolute Gasteiger partial charge is 0.251 e. The molecule has 3 amide bonds. The van der Waals surface area contributed by atoms with E-state index >= 15 is 0 Å². The summed E-state index contributed by atoms with van der Waals surface area (Å²) < 4.78 is 7.44. The average molecular weight is 532 g/mol. The van der Waals surface area contributed by atoms with Crippen LogP contribution in [0.15, 0.2) is 60.1 Å². The Kier molecular flexibility index (Phi) is 7.69. The third-order valence-corrected chi connectivity index (χ3v) is 7.07. The minimum absolute atomic E-state index is 0.0299. The number of fused-ring (bicyclic) bond motifs is 1. The lowest BCUT2D eigenvalue weighted by atomic mass is 10.1. The number of rotatable bonds is 11. The number of nitrogens with zero attached hydrogens (tertiary/aromatic N) is 2. The number of anilines is 1. The zero-order valence-electron chi connectivity index (χ0n) is 21.0. The van der Waals surface area contributed by atoms with Crippen molar-refractivity contribution in [2.75, 3.05) is 25.0 Å². The molecule has 4 aromatic rings. The molecular formula is C28H29N5O4S. The number of nitrogens with one attached hydrogen (secondary N) is 3. The molecule has 1 aliphatic carbocycles. The van der Waals surface area contributed by atoms with Crippen LogP contribution in [0.25, 0.3) is 16.2 Å². The number of benzene rings is 2. The van der Waals surface area contributed by atoms with Gasteiger partial charge in [-0.15, -0.1) is 11.3 Å². The van der Waals surface area contributed by atoms with Gasteiger partial charge < -0.3 is 20.7 Å². The highest BCUT2D eigenvalue weighted by molar-refractivity contribution is 7.15. The van der Waals surface area contributed by atoms with Crippen molar-refractivity contribution in [1.82, 2.24) is 20.0 Å². The van der Waals surface area contributed by atoms with Gasteiger partial charge in [-0.1, -0.05) is 0 Å². The summed E-state index contributed by atoms with van der Waals surface area (Å²) in [5.41, 5.74) is 3.84. The van der Waals surface area contributed by atoms with Crippen molar-refractivity contribution in [2.24, 2.45) is 5.92 Å². The van der Waals surface area contributed by atoms with Crippen molar-refractivity contribution in [3.63, 3.8) is 0 Å². The predicted octanol–water partition coefficient (Wildman–Crippen LogP) is 3.90.